The Morgan fingerprint density at radius 3 is 2.28 bits per heavy atom. The highest BCUT2D eigenvalue weighted by molar-refractivity contribution is 7.89. The van der Waals surface area contributed by atoms with E-state index < -0.39 is 31.6 Å². The average molecular weight is 443 g/mol. The number of hydrogen-bond acceptors (Lipinski definition) is 5. The Morgan fingerprint density at radius 2 is 1.62 bits per heavy atom. The second-order valence-corrected chi connectivity index (χ2v) is 10.4. The van der Waals surface area contributed by atoms with Crippen LogP contribution >= 0.6 is 0 Å². The molecule has 0 bridgehead atoms. The van der Waals surface area contributed by atoms with Crippen LogP contribution in [0.25, 0.3) is 0 Å². The summed E-state index contributed by atoms with van der Waals surface area (Å²) < 4.78 is 71.9. The lowest BCUT2D eigenvalue weighted by atomic mass is 10.2. The van der Waals surface area contributed by atoms with Gasteiger partial charge < -0.3 is 4.74 Å². The van der Waals surface area contributed by atoms with Gasteiger partial charge >= 0.3 is 0 Å². The maximum atomic E-state index is 13.6. The van der Waals surface area contributed by atoms with Crippen LogP contribution in [-0.2, 0) is 25.8 Å². The molecule has 0 aromatic heterocycles. The van der Waals surface area contributed by atoms with Crippen LogP contribution in [0.5, 0.6) is 5.75 Å². The molecule has 0 atom stereocenters. The molecule has 1 aliphatic heterocycles. The Bertz CT molecular complexity index is 1030. The van der Waals surface area contributed by atoms with Crippen molar-refractivity contribution < 1.29 is 26.0 Å². The lowest BCUT2D eigenvalue weighted by molar-refractivity contribution is 0.322. The number of hydrogen-bond donors (Lipinski definition) is 1. The highest BCUT2D eigenvalue weighted by Gasteiger charge is 2.26. The summed E-state index contributed by atoms with van der Waals surface area (Å²) in [6, 6.07) is 11.7. The van der Waals surface area contributed by atoms with Crippen molar-refractivity contribution in [2.24, 2.45) is 0 Å². The summed E-state index contributed by atoms with van der Waals surface area (Å²) in [5.41, 5.74) is 0.0933. The lowest BCUT2D eigenvalue weighted by Crippen LogP contribution is -2.29. The van der Waals surface area contributed by atoms with Crippen molar-refractivity contribution in [3.05, 3.63) is 59.9 Å². The van der Waals surface area contributed by atoms with E-state index in [0.29, 0.717) is 18.8 Å². The van der Waals surface area contributed by atoms with Crippen LogP contribution in [0.1, 0.15) is 18.4 Å². The molecule has 3 rings (SSSR count). The van der Waals surface area contributed by atoms with E-state index in [2.05, 4.69) is 4.72 Å². The first-order chi connectivity index (χ1) is 13.8. The summed E-state index contributed by atoms with van der Waals surface area (Å²) in [5, 5.41) is 0. The number of ether oxygens (including phenoxy) is 1. The van der Waals surface area contributed by atoms with Crippen LogP contribution in [0, 0.1) is 5.82 Å². The first-order valence-corrected chi connectivity index (χ1v) is 12.3. The van der Waals surface area contributed by atoms with E-state index in [4.69, 9.17) is 4.74 Å². The van der Waals surface area contributed by atoms with Gasteiger partial charge in [-0.05, 0) is 43.2 Å². The zero-order valence-electron chi connectivity index (χ0n) is 15.8. The molecule has 0 radical (unpaired) electrons. The number of halogens is 1. The summed E-state index contributed by atoms with van der Waals surface area (Å²) in [7, 11) is -7.18. The molecule has 1 saturated heterocycles. The third kappa shape index (κ3) is 5.75. The molecule has 29 heavy (non-hydrogen) atoms. The zero-order chi connectivity index (χ0) is 20.9. The number of nitrogens with one attached hydrogen (secondary N) is 1. The minimum Gasteiger partial charge on any atom is -0.492 e. The van der Waals surface area contributed by atoms with E-state index in [0.717, 1.165) is 12.8 Å². The molecule has 0 spiro atoms. The summed E-state index contributed by atoms with van der Waals surface area (Å²) in [6.45, 7) is 1.13. The second kappa shape index (κ2) is 9.21. The predicted octanol–water partition coefficient (Wildman–Crippen LogP) is 2.11. The van der Waals surface area contributed by atoms with Gasteiger partial charge in [-0.1, -0.05) is 18.2 Å². The molecule has 2 aromatic rings. The van der Waals surface area contributed by atoms with Crippen LogP contribution in [0.4, 0.5) is 4.39 Å². The van der Waals surface area contributed by atoms with Crippen molar-refractivity contribution in [1.82, 2.24) is 9.03 Å². The fraction of sp³-hybridized carbons (Fsp3) is 0.368. The fourth-order valence-corrected chi connectivity index (χ4v) is 5.68. The smallest absolute Gasteiger partial charge is 0.243 e. The van der Waals surface area contributed by atoms with Crippen LogP contribution in [0.15, 0.2) is 53.4 Å². The van der Waals surface area contributed by atoms with Gasteiger partial charge in [0.05, 0.1) is 10.6 Å². The van der Waals surface area contributed by atoms with Crippen LogP contribution < -0.4 is 9.46 Å². The number of rotatable bonds is 9. The summed E-state index contributed by atoms with van der Waals surface area (Å²) in [4.78, 5) is 0.206. The Morgan fingerprint density at radius 1 is 0.966 bits per heavy atom. The van der Waals surface area contributed by atoms with Crippen LogP contribution in [-0.4, -0.2) is 47.4 Å². The molecular formula is C19H23FN2O5S2. The van der Waals surface area contributed by atoms with Crippen molar-refractivity contribution in [2.45, 2.75) is 23.5 Å². The SMILES string of the molecule is O=S(=O)(Cc1ccccc1F)NCCOc1ccc(S(=O)(=O)N2CCCC2)cc1. The molecule has 1 fully saturated rings. The quantitative estimate of drug-likeness (QED) is 0.601. The molecule has 1 heterocycles. The topological polar surface area (TPSA) is 92.8 Å². The maximum Gasteiger partial charge on any atom is 0.243 e. The largest absolute Gasteiger partial charge is 0.492 e. The normalized spacial score (nSPS) is 15.5. The molecule has 0 unspecified atom stereocenters. The lowest BCUT2D eigenvalue weighted by Gasteiger charge is -2.15. The van der Waals surface area contributed by atoms with E-state index in [1.54, 1.807) is 6.07 Å². The van der Waals surface area contributed by atoms with Gasteiger partial charge in [0.15, 0.2) is 0 Å². The number of sulfonamides is 2. The Hall–Kier alpha value is -2.01. The van der Waals surface area contributed by atoms with Crippen molar-refractivity contribution in [1.29, 1.82) is 0 Å². The molecule has 0 saturated carbocycles. The standard InChI is InChI=1S/C19H23FN2O5S2/c20-19-6-2-1-5-16(19)15-28(23,24)21-11-14-27-17-7-9-18(10-8-17)29(25,26)22-12-3-4-13-22/h1-2,5-10,21H,3-4,11-15H2. The van der Waals surface area contributed by atoms with Gasteiger partial charge in [-0.3, -0.25) is 0 Å². The Kier molecular flexibility index (Phi) is 6.89. The van der Waals surface area contributed by atoms with Gasteiger partial charge in [0.2, 0.25) is 20.0 Å². The highest BCUT2D eigenvalue weighted by atomic mass is 32.2. The molecule has 7 nitrogen and oxygen atoms in total. The third-order valence-electron chi connectivity index (χ3n) is 4.52. The highest BCUT2D eigenvalue weighted by Crippen LogP contribution is 2.22. The van der Waals surface area contributed by atoms with Gasteiger partial charge in [-0.2, -0.15) is 4.31 Å². The average Bonchev–Trinajstić information content (AvgIpc) is 3.23. The minimum absolute atomic E-state index is 0.00458. The summed E-state index contributed by atoms with van der Waals surface area (Å²) >= 11 is 0. The van der Waals surface area contributed by atoms with E-state index in [9.17, 15) is 21.2 Å². The van der Waals surface area contributed by atoms with Gasteiger partial charge in [-0.25, -0.2) is 25.9 Å². The second-order valence-electron chi connectivity index (χ2n) is 6.68. The summed E-state index contributed by atoms with van der Waals surface area (Å²) in [5.74, 6) is -0.598. The summed E-state index contributed by atoms with van der Waals surface area (Å²) in [6.07, 6.45) is 1.74. The zero-order valence-corrected chi connectivity index (χ0v) is 17.4. The first kappa shape index (κ1) is 21.7. The van der Waals surface area contributed by atoms with Gasteiger partial charge in [0.1, 0.15) is 18.2 Å². The third-order valence-corrected chi connectivity index (χ3v) is 7.77. The molecule has 0 amide bonds. The Balaban J connectivity index is 1.49. The van der Waals surface area contributed by atoms with Crippen molar-refractivity contribution in [2.75, 3.05) is 26.2 Å². The van der Waals surface area contributed by atoms with Crippen LogP contribution in [0.2, 0.25) is 0 Å². The van der Waals surface area contributed by atoms with Gasteiger partial charge in [0, 0.05) is 25.2 Å². The fourth-order valence-electron chi connectivity index (χ4n) is 3.02. The molecule has 2 aromatic carbocycles. The Labute approximate surface area is 170 Å². The van der Waals surface area contributed by atoms with Crippen molar-refractivity contribution in [3.8, 4) is 5.75 Å². The first-order valence-electron chi connectivity index (χ1n) is 9.22. The van der Waals surface area contributed by atoms with Crippen LogP contribution in [0.3, 0.4) is 0 Å². The minimum atomic E-state index is -3.70. The van der Waals surface area contributed by atoms with E-state index >= 15 is 0 Å². The molecule has 158 valence electrons. The van der Waals surface area contributed by atoms with E-state index in [1.807, 2.05) is 0 Å². The van der Waals surface area contributed by atoms with Gasteiger partial charge in [0.25, 0.3) is 0 Å². The molecule has 1 N–H and O–H groups in total. The van der Waals surface area contributed by atoms with Crippen molar-refractivity contribution >= 4 is 20.0 Å². The molecular weight excluding hydrogens is 419 g/mol. The molecule has 10 heteroatoms. The maximum absolute atomic E-state index is 13.6. The van der Waals surface area contributed by atoms with Gasteiger partial charge in [-0.15, -0.1) is 0 Å². The monoisotopic (exact) mass is 442 g/mol. The molecule has 1 aliphatic rings. The predicted molar refractivity (Wildman–Crippen MR) is 107 cm³/mol. The van der Waals surface area contributed by atoms with E-state index in [1.165, 1.54) is 46.8 Å². The number of benzene rings is 2. The molecule has 0 aliphatic carbocycles. The van der Waals surface area contributed by atoms with E-state index in [-0.39, 0.29) is 23.6 Å². The van der Waals surface area contributed by atoms with Crippen molar-refractivity contribution in [3.63, 3.8) is 0 Å². The number of nitrogens with zero attached hydrogens (tertiary/aromatic N) is 1.